The zero-order valence-electron chi connectivity index (χ0n) is 7.93. The first-order valence-electron chi connectivity index (χ1n) is 4.57. The fourth-order valence-corrected chi connectivity index (χ4v) is 1.47. The zero-order chi connectivity index (χ0) is 10.8. The smallest absolute Gasteiger partial charge is 0.328 e. The van der Waals surface area contributed by atoms with Crippen molar-refractivity contribution in [3.63, 3.8) is 0 Å². The van der Waals surface area contributed by atoms with Crippen LogP contribution in [0.4, 0.5) is 10.5 Å². The Bertz CT molecular complexity index is 417. The van der Waals surface area contributed by atoms with Crippen molar-refractivity contribution < 1.29 is 14.7 Å². The number of hydrogen-bond acceptors (Lipinski definition) is 3. The number of carbonyl (C=O) groups excluding carboxylic acids is 2. The average molecular weight is 206 g/mol. The van der Waals surface area contributed by atoms with E-state index in [0.29, 0.717) is 12.2 Å². The van der Waals surface area contributed by atoms with E-state index in [2.05, 4.69) is 5.32 Å². The van der Waals surface area contributed by atoms with Crippen LogP contribution in [0.5, 0.6) is 5.75 Å². The lowest BCUT2D eigenvalue weighted by molar-refractivity contribution is -0.120. The molecule has 5 heteroatoms. The molecule has 0 unspecified atom stereocenters. The number of urea groups is 1. The molecule has 1 aromatic rings. The number of aromatic hydroxyl groups is 1. The van der Waals surface area contributed by atoms with Crippen LogP contribution in [0.1, 0.15) is 6.42 Å². The maximum absolute atomic E-state index is 11.4. The molecule has 1 aliphatic heterocycles. The van der Waals surface area contributed by atoms with Gasteiger partial charge in [-0.15, -0.1) is 0 Å². The Morgan fingerprint density at radius 3 is 2.80 bits per heavy atom. The molecule has 0 aromatic heterocycles. The quantitative estimate of drug-likeness (QED) is 0.715. The van der Waals surface area contributed by atoms with Gasteiger partial charge in [0.2, 0.25) is 5.91 Å². The Kier molecular flexibility index (Phi) is 2.29. The predicted octanol–water partition coefficient (Wildman–Crippen LogP) is 0.839. The van der Waals surface area contributed by atoms with Crippen molar-refractivity contribution in [3.05, 3.63) is 24.3 Å². The number of carbonyl (C=O) groups is 2. The first-order chi connectivity index (χ1) is 7.16. The number of nitrogens with one attached hydrogen (secondary N) is 1. The van der Waals surface area contributed by atoms with E-state index in [1.165, 1.54) is 17.0 Å². The van der Waals surface area contributed by atoms with Crippen molar-refractivity contribution in [2.75, 3.05) is 11.4 Å². The van der Waals surface area contributed by atoms with E-state index in [1.54, 1.807) is 12.1 Å². The number of phenols is 1. The zero-order valence-corrected chi connectivity index (χ0v) is 7.93. The average Bonchev–Trinajstić information content (AvgIpc) is 2.17. The van der Waals surface area contributed by atoms with E-state index in [1.807, 2.05) is 0 Å². The fourth-order valence-electron chi connectivity index (χ4n) is 1.47. The molecule has 2 N–H and O–H groups in total. The standard InChI is InChI=1S/C10H10N2O3/c13-8-3-1-2-7(6-8)12-5-4-9(14)11-10(12)15/h1-3,6,13H,4-5H2,(H,11,14,15). The minimum absolute atomic E-state index is 0.0946. The van der Waals surface area contributed by atoms with Crippen molar-refractivity contribution >= 4 is 17.6 Å². The van der Waals surface area contributed by atoms with Crippen molar-refractivity contribution in [2.24, 2.45) is 0 Å². The van der Waals surface area contributed by atoms with Gasteiger partial charge in [0.25, 0.3) is 0 Å². The van der Waals surface area contributed by atoms with Crippen LogP contribution in [0.2, 0.25) is 0 Å². The lowest BCUT2D eigenvalue weighted by Gasteiger charge is -2.26. The number of imide groups is 1. The van der Waals surface area contributed by atoms with Gasteiger partial charge in [0.15, 0.2) is 0 Å². The topological polar surface area (TPSA) is 69.6 Å². The van der Waals surface area contributed by atoms with E-state index in [9.17, 15) is 14.7 Å². The third-order valence-corrected chi connectivity index (χ3v) is 2.20. The summed E-state index contributed by atoms with van der Waals surface area (Å²) < 4.78 is 0. The lowest BCUT2D eigenvalue weighted by Crippen LogP contribution is -2.49. The van der Waals surface area contributed by atoms with E-state index >= 15 is 0 Å². The van der Waals surface area contributed by atoms with E-state index in [-0.39, 0.29) is 18.1 Å². The molecule has 1 aliphatic rings. The van der Waals surface area contributed by atoms with Gasteiger partial charge in [0.05, 0.1) is 0 Å². The van der Waals surface area contributed by atoms with Gasteiger partial charge >= 0.3 is 6.03 Å². The summed E-state index contributed by atoms with van der Waals surface area (Å²) in [5.74, 6) is -0.173. The van der Waals surface area contributed by atoms with Gasteiger partial charge in [0.1, 0.15) is 5.75 Å². The monoisotopic (exact) mass is 206 g/mol. The lowest BCUT2D eigenvalue weighted by atomic mass is 10.2. The first kappa shape index (κ1) is 9.51. The summed E-state index contributed by atoms with van der Waals surface area (Å²) in [6, 6.07) is 5.91. The molecule has 1 aromatic carbocycles. The molecule has 0 aliphatic carbocycles. The molecule has 0 atom stereocenters. The van der Waals surface area contributed by atoms with E-state index < -0.39 is 6.03 Å². The van der Waals surface area contributed by atoms with Crippen LogP contribution >= 0.6 is 0 Å². The summed E-state index contributed by atoms with van der Waals surface area (Å²) in [5, 5.41) is 11.5. The summed E-state index contributed by atoms with van der Waals surface area (Å²) in [5.41, 5.74) is 0.583. The first-order valence-corrected chi connectivity index (χ1v) is 4.57. The number of benzene rings is 1. The maximum Gasteiger partial charge on any atom is 0.328 e. The number of amides is 3. The largest absolute Gasteiger partial charge is 0.508 e. The highest BCUT2D eigenvalue weighted by Gasteiger charge is 2.23. The molecule has 1 fully saturated rings. The molecule has 0 radical (unpaired) electrons. The highest BCUT2D eigenvalue weighted by atomic mass is 16.3. The number of anilines is 1. The van der Waals surface area contributed by atoms with Crippen molar-refractivity contribution in [1.29, 1.82) is 0 Å². The van der Waals surface area contributed by atoms with Gasteiger partial charge in [-0.1, -0.05) is 6.07 Å². The van der Waals surface area contributed by atoms with Gasteiger partial charge in [-0.2, -0.15) is 0 Å². The SMILES string of the molecule is O=C1CCN(c2cccc(O)c2)C(=O)N1. The molecule has 5 nitrogen and oxygen atoms in total. The van der Waals surface area contributed by atoms with Crippen LogP contribution in [0, 0.1) is 0 Å². The van der Waals surface area contributed by atoms with Gasteiger partial charge < -0.3 is 5.11 Å². The van der Waals surface area contributed by atoms with Crippen LogP contribution in [0.15, 0.2) is 24.3 Å². The molecular weight excluding hydrogens is 196 g/mol. The normalized spacial score (nSPS) is 16.4. The third-order valence-electron chi connectivity index (χ3n) is 2.20. The Labute approximate surface area is 86.3 Å². The van der Waals surface area contributed by atoms with Gasteiger partial charge in [0, 0.05) is 24.7 Å². The molecule has 15 heavy (non-hydrogen) atoms. The Balaban J connectivity index is 2.24. The van der Waals surface area contributed by atoms with Crippen LogP contribution in [0.25, 0.3) is 0 Å². The van der Waals surface area contributed by atoms with Gasteiger partial charge in [-0.3, -0.25) is 15.0 Å². The molecule has 0 spiro atoms. The van der Waals surface area contributed by atoms with Gasteiger partial charge in [-0.25, -0.2) is 4.79 Å². The van der Waals surface area contributed by atoms with Crippen molar-refractivity contribution in [1.82, 2.24) is 5.32 Å². The van der Waals surface area contributed by atoms with Crippen molar-refractivity contribution in [3.8, 4) is 5.75 Å². The molecule has 0 saturated carbocycles. The summed E-state index contributed by atoms with van der Waals surface area (Å²) in [6.07, 6.45) is 0.279. The summed E-state index contributed by atoms with van der Waals surface area (Å²) in [7, 11) is 0. The number of hydrogen-bond donors (Lipinski definition) is 2. The fraction of sp³-hybridized carbons (Fsp3) is 0.200. The number of nitrogens with zero attached hydrogens (tertiary/aromatic N) is 1. The second kappa shape index (κ2) is 3.61. The Hall–Kier alpha value is -2.04. The third kappa shape index (κ3) is 1.90. The van der Waals surface area contributed by atoms with Crippen LogP contribution in [0.3, 0.4) is 0 Å². The highest BCUT2D eigenvalue weighted by molar-refractivity contribution is 6.05. The molecule has 1 saturated heterocycles. The summed E-state index contributed by atoms with van der Waals surface area (Å²) in [6.45, 7) is 0.341. The van der Waals surface area contributed by atoms with Gasteiger partial charge in [-0.05, 0) is 12.1 Å². The summed E-state index contributed by atoms with van der Waals surface area (Å²) >= 11 is 0. The maximum atomic E-state index is 11.4. The molecule has 2 rings (SSSR count). The molecule has 1 heterocycles. The van der Waals surface area contributed by atoms with E-state index in [0.717, 1.165) is 0 Å². The molecular formula is C10H10N2O3. The Morgan fingerprint density at radius 1 is 1.33 bits per heavy atom. The second-order valence-electron chi connectivity index (χ2n) is 3.27. The highest BCUT2D eigenvalue weighted by Crippen LogP contribution is 2.21. The number of rotatable bonds is 1. The minimum Gasteiger partial charge on any atom is -0.508 e. The molecule has 78 valence electrons. The second-order valence-corrected chi connectivity index (χ2v) is 3.27. The summed E-state index contributed by atoms with van der Waals surface area (Å²) in [4.78, 5) is 23.8. The van der Waals surface area contributed by atoms with E-state index in [4.69, 9.17) is 0 Å². The van der Waals surface area contributed by atoms with Crippen LogP contribution in [-0.4, -0.2) is 23.6 Å². The van der Waals surface area contributed by atoms with Crippen LogP contribution in [-0.2, 0) is 4.79 Å². The number of phenolic OH excluding ortho intramolecular Hbond substituents is 1. The predicted molar refractivity (Wildman–Crippen MR) is 53.6 cm³/mol. The molecule has 0 bridgehead atoms. The van der Waals surface area contributed by atoms with Crippen molar-refractivity contribution in [2.45, 2.75) is 6.42 Å². The Morgan fingerprint density at radius 2 is 2.13 bits per heavy atom. The molecule has 3 amide bonds. The minimum atomic E-state index is -0.447. The van der Waals surface area contributed by atoms with Crippen LogP contribution < -0.4 is 10.2 Å².